The second-order valence-electron chi connectivity index (χ2n) is 4.46. The summed E-state index contributed by atoms with van der Waals surface area (Å²) < 4.78 is 10.1. The molecule has 2 heterocycles. The summed E-state index contributed by atoms with van der Waals surface area (Å²) in [4.78, 5) is 20.1. The van der Waals surface area contributed by atoms with Gasteiger partial charge in [-0.05, 0) is 19.1 Å². The molecule has 1 amide bonds. The largest absolute Gasteiger partial charge is 0.384 e. The Morgan fingerprint density at radius 2 is 2.33 bits per heavy atom. The monoisotopic (exact) mass is 291 g/mol. The normalized spacial score (nSPS) is 12.1. The van der Waals surface area contributed by atoms with Crippen LogP contribution in [0.4, 0.5) is 5.82 Å². The van der Waals surface area contributed by atoms with E-state index in [0.29, 0.717) is 36.1 Å². The topological polar surface area (TPSA) is 116 Å². The van der Waals surface area contributed by atoms with Crippen LogP contribution in [0.2, 0.25) is 0 Å². The fraction of sp³-hybridized carbons (Fsp3) is 0.385. The number of anilines is 1. The van der Waals surface area contributed by atoms with Crippen molar-refractivity contribution in [2.75, 3.05) is 19.5 Å². The van der Waals surface area contributed by atoms with Crippen LogP contribution < -0.4 is 11.1 Å². The molecule has 8 nitrogen and oxygen atoms in total. The van der Waals surface area contributed by atoms with Crippen molar-refractivity contribution in [2.24, 2.45) is 0 Å². The molecule has 0 unspecified atom stereocenters. The molecule has 0 saturated heterocycles. The van der Waals surface area contributed by atoms with Crippen molar-refractivity contribution in [3.8, 4) is 0 Å². The number of nitrogens with zero attached hydrogens (tertiary/aromatic N) is 3. The lowest BCUT2D eigenvalue weighted by Crippen LogP contribution is -2.27. The maximum atomic E-state index is 12.0. The van der Waals surface area contributed by atoms with E-state index in [9.17, 15) is 4.79 Å². The molecule has 2 aromatic rings. The van der Waals surface area contributed by atoms with Crippen LogP contribution in [0.3, 0.4) is 0 Å². The molecule has 3 N–H and O–H groups in total. The van der Waals surface area contributed by atoms with Gasteiger partial charge in [0.15, 0.2) is 5.82 Å². The summed E-state index contributed by atoms with van der Waals surface area (Å²) in [6.45, 7) is 2.27. The zero-order valence-electron chi connectivity index (χ0n) is 11.9. The summed E-state index contributed by atoms with van der Waals surface area (Å²) in [6.07, 6.45) is 1.97. The molecule has 0 fully saturated rings. The van der Waals surface area contributed by atoms with Gasteiger partial charge in [-0.15, -0.1) is 0 Å². The fourth-order valence-corrected chi connectivity index (χ4v) is 1.62. The zero-order chi connectivity index (χ0) is 15.2. The Kier molecular flexibility index (Phi) is 4.83. The van der Waals surface area contributed by atoms with Gasteiger partial charge < -0.3 is 20.3 Å². The number of carbonyl (C=O) groups excluding carboxylic acids is 1. The highest BCUT2D eigenvalue weighted by Gasteiger charge is 2.17. The maximum absolute atomic E-state index is 12.0. The molecule has 2 aromatic heterocycles. The number of methoxy groups -OCH3 is 1. The Hall–Kier alpha value is -2.48. The third-order valence-electron chi connectivity index (χ3n) is 2.78. The molecule has 0 radical (unpaired) electrons. The van der Waals surface area contributed by atoms with Gasteiger partial charge in [-0.3, -0.25) is 4.79 Å². The van der Waals surface area contributed by atoms with Gasteiger partial charge in [-0.25, -0.2) is 4.98 Å². The Morgan fingerprint density at radius 1 is 1.52 bits per heavy atom. The second-order valence-corrected chi connectivity index (χ2v) is 4.46. The minimum Gasteiger partial charge on any atom is -0.384 e. The van der Waals surface area contributed by atoms with E-state index in [1.165, 1.54) is 6.20 Å². The summed E-state index contributed by atoms with van der Waals surface area (Å²) >= 11 is 0. The van der Waals surface area contributed by atoms with E-state index in [1.54, 1.807) is 26.2 Å². The number of nitrogens with one attached hydrogen (secondary N) is 1. The molecular weight excluding hydrogens is 274 g/mol. The average molecular weight is 291 g/mol. The molecule has 0 aliphatic heterocycles. The van der Waals surface area contributed by atoms with Crippen LogP contribution in [0.15, 0.2) is 22.9 Å². The number of rotatable bonds is 6. The molecule has 0 saturated carbocycles. The van der Waals surface area contributed by atoms with Gasteiger partial charge in [0.25, 0.3) is 5.91 Å². The Balaban J connectivity index is 1.97. The van der Waals surface area contributed by atoms with Crippen LogP contribution in [0, 0.1) is 0 Å². The Labute approximate surface area is 121 Å². The zero-order valence-corrected chi connectivity index (χ0v) is 11.9. The lowest BCUT2D eigenvalue weighted by atomic mass is 10.2. The van der Waals surface area contributed by atoms with Crippen molar-refractivity contribution in [3.05, 3.63) is 35.6 Å². The molecule has 1 atom stereocenters. The van der Waals surface area contributed by atoms with Crippen LogP contribution in [0.1, 0.15) is 35.0 Å². The van der Waals surface area contributed by atoms with Crippen molar-refractivity contribution in [1.29, 1.82) is 0 Å². The quantitative estimate of drug-likeness (QED) is 0.805. The third kappa shape index (κ3) is 3.99. The standard InChI is InChI=1S/C13H17N5O3/c1-8(13-17-11(18-21-13)5-6-20-2)16-12(19)9-3-4-10(14)15-7-9/h3-4,7-8H,5-6H2,1-2H3,(H2,14,15)(H,16,19)/t8-/m1/s1. The van der Waals surface area contributed by atoms with Crippen molar-refractivity contribution in [3.63, 3.8) is 0 Å². The number of hydrogen-bond donors (Lipinski definition) is 2. The van der Waals surface area contributed by atoms with E-state index in [0.717, 1.165) is 0 Å². The van der Waals surface area contributed by atoms with Gasteiger partial charge >= 0.3 is 0 Å². The molecule has 21 heavy (non-hydrogen) atoms. The highest BCUT2D eigenvalue weighted by atomic mass is 16.5. The molecule has 0 aliphatic rings. The Bertz CT molecular complexity index is 596. The first-order valence-electron chi connectivity index (χ1n) is 6.44. The van der Waals surface area contributed by atoms with Crippen LogP contribution in [0.5, 0.6) is 0 Å². The summed E-state index contributed by atoms with van der Waals surface area (Å²) in [5.74, 6) is 0.964. The number of ether oxygens (including phenoxy) is 1. The maximum Gasteiger partial charge on any atom is 0.253 e. The third-order valence-corrected chi connectivity index (χ3v) is 2.78. The van der Waals surface area contributed by atoms with Gasteiger partial charge in [-0.2, -0.15) is 4.98 Å². The molecule has 0 spiro atoms. The number of hydrogen-bond acceptors (Lipinski definition) is 7. The number of amides is 1. The molecule has 112 valence electrons. The van der Waals surface area contributed by atoms with E-state index < -0.39 is 6.04 Å². The first-order chi connectivity index (χ1) is 10.1. The molecule has 2 rings (SSSR count). The minimum absolute atomic E-state index is 0.286. The number of nitrogen functional groups attached to an aromatic ring is 1. The van der Waals surface area contributed by atoms with Crippen molar-refractivity contribution < 1.29 is 14.1 Å². The number of aromatic nitrogens is 3. The van der Waals surface area contributed by atoms with E-state index in [4.69, 9.17) is 15.0 Å². The van der Waals surface area contributed by atoms with Crippen LogP contribution in [-0.4, -0.2) is 34.7 Å². The van der Waals surface area contributed by atoms with Crippen molar-refractivity contribution >= 4 is 11.7 Å². The second kappa shape index (κ2) is 6.80. The lowest BCUT2D eigenvalue weighted by Gasteiger charge is -2.09. The van der Waals surface area contributed by atoms with Crippen LogP contribution in [-0.2, 0) is 11.2 Å². The number of pyridine rings is 1. The van der Waals surface area contributed by atoms with Crippen molar-refractivity contribution in [1.82, 2.24) is 20.4 Å². The van der Waals surface area contributed by atoms with Gasteiger partial charge in [0.2, 0.25) is 5.89 Å². The molecule has 0 bridgehead atoms. The SMILES string of the molecule is COCCc1noc([C@@H](C)NC(=O)c2ccc(N)nc2)n1. The summed E-state index contributed by atoms with van der Waals surface area (Å²) in [5, 5.41) is 6.57. The number of carbonyl (C=O) groups is 1. The smallest absolute Gasteiger partial charge is 0.253 e. The molecule has 8 heteroatoms. The van der Waals surface area contributed by atoms with Crippen LogP contribution in [0.25, 0.3) is 0 Å². The highest BCUT2D eigenvalue weighted by Crippen LogP contribution is 2.11. The van der Waals surface area contributed by atoms with Gasteiger partial charge in [0, 0.05) is 19.7 Å². The first kappa shape index (κ1) is 14.9. The summed E-state index contributed by atoms with van der Waals surface area (Å²) in [7, 11) is 1.60. The van der Waals surface area contributed by atoms with E-state index in [1.807, 2.05) is 0 Å². The van der Waals surface area contributed by atoms with E-state index in [2.05, 4.69) is 20.4 Å². The van der Waals surface area contributed by atoms with Gasteiger partial charge in [0.1, 0.15) is 11.9 Å². The minimum atomic E-state index is -0.404. The summed E-state index contributed by atoms with van der Waals surface area (Å²) in [6, 6.07) is 2.76. The summed E-state index contributed by atoms with van der Waals surface area (Å²) in [5.41, 5.74) is 5.89. The van der Waals surface area contributed by atoms with E-state index >= 15 is 0 Å². The van der Waals surface area contributed by atoms with Crippen LogP contribution >= 0.6 is 0 Å². The Morgan fingerprint density at radius 3 is 3.00 bits per heavy atom. The average Bonchev–Trinajstić information content (AvgIpc) is 2.94. The van der Waals surface area contributed by atoms with Gasteiger partial charge in [0.05, 0.1) is 12.2 Å². The predicted molar refractivity (Wildman–Crippen MR) is 74.4 cm³/mol. The first-order valence-corrected chi connectivity index (χ1v) is 6.44. The predicted octanol–water partition coefficient (Wildman–Crippen LogP) is 0.727. The molecule has 0 aliphatic carbocycles. The lowest BCUT2D eigenvalue weighted by molar-refractivity contribution is 0.0932. The molecule has 0 aromatic carbocycles. The fourth-order valence-electron chi connectivity index (χ4n) is 1.62. The van der Waals surface area contributed by atoms with Gasteiger partial charge in [-0.1, -0.05) is 5.16 Å². The number of nitrogens with two attached hydrogens (primary N) is 1. The molecular formula is C13H17N5O3. The highest BCUT2D eigenvalue weighted by molar-refractivity contribution is 5.94. The van der Waals surface area contributed by atoms with Crippen molar-refractivity contribution in [2.45, 2.75) is 19.4 Å². The van der Waals surface area contributed by atoms with E-state index in [-0.39, 0.29) is 5.91 Å².